The molecule has 0 fully saturated rings. The number of aliphatic hydroxyl groups is 1. The summed E-state index contributed by atoms with van der Waals surface area (Å²) in [6.45, 7) is 7.87. The Labute approximate surface area is 160 Å². The van der Waals surface area contributed by atoms with Crippen LogP contribution < -0.4 is 0 Å². The molecule has 5 nitrogen and oxygen atoms in total. The maximum atomic E-state index is 11.8. The van der Waals surface area contributed by atoms with E-state index in [1.165, 1.54) is 6.07 Å². The number of unbranched alkanes of at least 4 members (excludes halogenated alkanes) is 2. The first-order valence-corrected chi connectivity index (χ1v) is 9.58. The topological polar surface area (TPSA) is 98.0 Å². The van der Waals surface area contributed by atoms with Gasteiger partial charge in [0.05, 0.1) is 6.61 Å². The molecule has 0 heterocycles. The number of aromatic hydroxyl groups is 2. The smallest absolute Gasteiger partial charge is 0.339 e. The highest BCUT2D eigenvalue weighted by atomic mass is 16.4. The van der Waals surface area contributed by atoms with Gasteiger partial charge in [-0.1, -0.05) is 38.0 Å². The Bertz CT molecular complexity index is 748. The van der Waals surface area contributed by atoms with Gasteiger partial charge in [0.25, 0.3) is 0 Å². The molecule has 1 aromatic carbocycles. The fraction of sp³-hybridized carbons (Fsp3) is 0.500. The van der Waals surface area contributed by atoms with Crippen LogP contribution in [-0.2, 0) is 6.42 Å². The maximum Gasteiger partial charge on any atom is 0.339 e. The molecule has 0 amide bonds. The molecule has 0 saturated carbocycles. The van der Waals surface area contributed by atoms with Crippen molar-refractivity contribution in [2.24, 2.45) is 5.92 Å². The van der Waals surface area contributed by atoms with Crippen LogP contribution in [0.5, 0.6) is 11.5 Å². The maximum absolute atomic E-state index is 11.8. The van der Waals surface area contributed by atoms with Crippen LogP contribution in [0.3, 0.4) is 0 Å². The predicted octanol–water partition coefficient (Wildman–Crippen LogP) is 4.52. The lowest BCUT2D eigenvalue weighted by molar-refractivity contribution is 0.0692. The van der Waals surface area contributed by atoms with Gasteiger partial charge in [-0.25, -0.2) is 4.79 Å². The van der Waals surface area contributed by atoms with Crippen LogP contribution in [-0.4, -0.2) is 33.0 Å². The average molecular weight is 374 g/mol. The first-order valence-electron chi connectivity index (χ1n) is 9.58. The summed E-state index contributed by atoms with van der Waals surface area (Å²) in [7, 11) is 0. The Morgan fingerprint density at radius 2 is 2.00 bits per heavy atom. The highest BCUT2D eigenvalue weighted by Gasteiger charge is 2.33. The molecule has 1 aromatic rings. The number of aryl methyl sites for hydroxylation is 1. The second kappa shape index (κ2) is 9.09. The number of allylic oxidation sites excluding steroid dienone is 2. The summed E-state index contributed by atoms with van der Waals surface area (Å²) in [4.78, 5) is 11.8. The van der Waals surface area contributed by atoms with E-state index < -0.39 is 11.9 Å². The number of phenols is 2. The van der Waals surface area contributed by atoms with Crippen LogP contribution in [0.1, 0.15) is 73.4 Å². The van der Waals surface area contributed by atoms with Crippen LogP contribution in [0, 0.1) is 5.92 Å². The van der Waals surface area contributed by atoms with E-state index in [-0.39, 0.29) is 35.2 Å². The number of benzene rings is 1. The summed E-state index contributed by atoms with van der Waals surface area (Å²) in [6, 6.07) is 1.48. The van der Waals surface area contributed by atoms with Gasteiger partial charge in [-0.05, 0) is 55.7 Å². The average Bonchev–Trinajstić information content (AvgIpc) is 2.61. The molecule has 0 bridgehead atoms. The monoisotopic (exact) mass is 374 g/mol. The number of carboxylic acid groups (broad SMARTS) is 1. The van der Waals surface area contributed by atoms with Crippen molar-refractivity contribution in [2.45, 2.75) is 58.3 Å². The Morgan fingerprint density at radius 3 is 2.56 bits per heavy atom. The lowest BCUT2D eigenvalue weighted by Gasteiger charge is -2.32. The number of carbonyl (C=O) groups is 1. The van der Waals surface area contributed by atoms with Gasteiger partial charge in [0.2, 0.25) is 0 Å². The molecule has 4 N–H and O–H groups in total. The SMILES string of the molecule is C=C(C)[C@@H]1CCC(CO)=C[C@H]1c1c(O)cc(CCCCC)c(C(=O)O)c1O. The molecule has 0 saturated heterocycles. The van der Waals surface area contributed by atoms with E-state index in [4.69, 9.17) is 0 Å². The van der Waals surface area contributed by atoms with Crippen molar-refractivity contribution in [3.05, 3.63) is 46.6 Å². The largest absolute Gasteiger partial charge is 0.507 e. The van der Waals surface area contributed by atoms with Gasteiger partial charge in [0, 0.05) is 11.5 Å². The molecule has 1 aliphatic carbocycles. The Kier molecular flexibility index (Phi) is 7.08. The van der Waals surface area contributed by atoms with Crippen molar-refractivity contribution in [3.8, 4) is 11.5 Å². The summed E-state index contributed by atoms with van der Waals surface area (Å²) in [5.41, 5.74) is 2.24. The molecule has 0 aliphatic heterocycles. The quantitative estimate of drug-likeness (QED) is 0.396. The number of aromatic carboxylic acids is 1. The zero-order chi connectivity index (χ0) is 20.1. The molecular weight excluding hydrogens is 344 g/mol. The van der Waals surface area contributed by atoms with Crippen molar-refractivity contribution < 1.29 is 25.2 Å². The molecule has 1 aliphatic rings. The van der Waals surface area contributed by atoms with Crippen molar-refractivity contribution in [1.29, 1.82) is 0 Å². The molecule has 0 spiro atoms. The van der Waals surface area contributed by atoms with Gasteiger partial charge in [0.15, 0.2) is 0 Å². The zero-order valence-electron chi connectivity index (χ0n) is 16.2. The van der Waals surface area contributed by atoms with Crippen molar-refractivity contribution in [3.63, 3.8) is 0 Å². The molecule has 27 heavy (non-hydrogen) atoms. The van der Waals surface area contributed by atoms with Gasteiger partial charge in [-0.3, -0.25) is 0 Å². The third-order valence-electron chi connectivity index (χ3n) is 5.46. The van der Waals surface area contributed by atoms with Crippen molar-refractivity contribution in [1.82, 2.24) is 0 Å². The minimum absolute atomic E-state index is 0.0373. The fourth-order valence-corrected chi connectivity index (χ4v) is 4.00. The third kappa shape index (κ3) is 4.53. The third-order valence-corrected chi connectivity index (χ3v) is 5.46. The molecule has 0 aromatic heterocycles. The Balaban J connectivity index is 2.59. The van der Waals surface area contributed by atoms with Gasteiger partial charge >= 0.3 is 5.97 Å². The van der Waals surface area contributed by atoms with Crippen LogP contribution in [0.2, 0.25) is 0 Å². The fourth-order valence-electron chi connectivity index (χ4n) is 4.00. The number of aliphatic hydroxyl groups excluding tert-OH is 1. The van der Waals surface area contributed by atoms with Crippen LogP contribution in [0.15, 0.2) is 29.9 Å². The molecule has 0 unspecified atom stereocenters. The van der Waals surface area contributed by atoms with Gasteiger partial charge < -0.3 is 20.4 Å². The summed E-state index contributed by atoms with van der Waals surface area (Å²) in [5, 5.41) is 40.7. The number of hydrogen-bond donors (Lipinski definition) is 4. The van der Waals surface area contributed by atoms with E-state index in [1.807, 2.05) is 13.0 Å². The van der Waals surface area contributed by atoms with Gasteiger partial charge in [-0.15, -0.1) is 0 Å². The summed E-state index contributed by atoms with van der Waals surface area (Å²) < 4.78 is 0. The molecule has 5 heteroatoms. The lowest BCUT2D eigenvalue weighted by atomic mass is 9.73. The minimum Gasteiger partial charge on any atom is -0.507 e. The summed E-state index contributed by atoms with van der Waals surface area (Å²) in [5.74, 6) is -2.13. The second-order valence-electron chi connectivity index (χ2n) is 7.45. The molecule has 2 rings (SSSR count). The van der Waals surface area contributed by atoms with E-state index in [0.29, 0.717) is 18.4 Å². The predicted molar refractivity (Wildman–Crippen MR) is 105 cm³/mol. The normalized spacial score (nSPS) is 19.6. The molecule has 148 valence electrons. The van der Waals surface area contributed by atoms with Gasteiger partial charge in [0.1, 0.15) is 17.1 Å². The number of carboxylic acids is 1. The summed E-state index contributed by atoms with van der Waals surface area (Å²) >= 11 is 0. The van der Waals surface area contributed by atoms with Gasteiger partial charge in [-0.2, -0.15) is 0 Å². The van der Waals surface area contributed by atoms with E-state index in [0.717, 1.165) is 36.8 Å². The van der Waals surface area contributed by atoms with E-state index in [1.54, 1.807) is 0 Å². The van der Waals surface area contributed by atoms with Crippen LogP contribution >= 0.6 is 0 Å². The summed E-state index contributed by atoms with van der Waals surface area (Å²) in [6.07, 6.45) is 6.50. The van der Waals surface area contributed by atoms with Crippen LogP contribution in [0.4, 0.5) is 0 Å². The Hall–Kier alpha value is -2.27. The highest BCUT2D eigenvalue weighted by molar-refractivity contribution is 5.94. The highest BCUT2D eigenvalue weighted by Crippen LogP contribution is 2.48. The molecular formula is C22H30O5. The first-order chi connectivity index (χ1) is 12.8. The van der Waals surface area contributed by atoms with Crippen molar-refractivity contribution in [2.75, 3.05) is 6.61 Å². The molecule has 2 atom stereocenters. The first kappa shape index (κ1) is 21.0. The number of hydrogen-bond acceptors (Lipinski definition) is 4. The lowest BCUT2D eigenvalue weighted by Crippen LogP contribution is -2.19. The van der Waals surface area contributed by atoms with Crippen molar-refractivity contribution >= 4 is 5.97 Å². The molecule has 0 radical (unpaired) electrons. The second-order valence-corrected chi connectivity index (χ2v) is 7.45. The van der Waals surface area contributed by atoms with E-state index >= 15 is 0 Å². The number of phenolic OH excluding ortho intramolecular Hbond substituents is 1. The minimum atomic E-state index is -1.20. The Morgan fingerprint density at radius 1 is 1.30 bits per heavy atom. The van der Waals surface area contributed by atoms with Crippen LogP contribution in [0.25, 0.3) is 0 Å². The van der Waals surface area contributed by atoms with E-state index in [9.17, 15) is 25.2 Å². The number of rotatable bonds is 8. The van der Waals surface area contributed by atoms with E-state index in [2.05, 4.69) is 13.5 Å². The standard InChI is InChI=1S/C22H30O5/c1-4-5-6-7-15-11-18(24)20(21(25)19(15)22(26)27)17-10-14(12-23)8-9-16(17)13(2)3/h10-11,16-17,23-25H,2,4-9,12H2,1,3H3,(H,26,27)/t16-,17+/m0/s1. The zero-order valence-corrected chi connectivity index (χ0v) is 16.2.